The van der Waals surface area contributed by atoms with Gasteiger partial charge in [-0.1, -0.05) is 61.9 Å². The van der Waals surface area contributed by atoms with E-state index in [0.717, 1.165) is 12.8 Å². The van der Waals surface area contributed by atoms with Crippen molar-refractivity contribution in [2.75, 3.05) is 0 Å². The van der Waals surface area contributed by atoms with E-state index in [2.05, 4.69) is 55.5 Å². The second-order valence-electron chi connectivity index (χ2n) is 5.53. The Morgan fingerprint density at radius 3 is 2.53 bits per heavy atom. The van der Waals surface area contributed by atoms with Crippen molar-refractivity contribution in [2.45, 2.75) is 38.1 Å². The quantitative estimate of drug-likeness (QED) is 0.874. The van der Waals surface area contributed by atoms with E-state index in [9.17, 15) is 0 Å². The van der Waals surface area contributed by atoms with Gasteiger partial charge in [0.2, 0.25) is 0 Å². The number of nitrogens with two attached hydrogens (primary N) is 1. The predicted molar refractivity (Wildman–Crippen MR) is 80.3 cm³/mol. The highest BCUT2D eigenvalue weighted by molar-refractivity contribution is 5.43. The van der Waals surface area contributed by atoms with E-state index in [0.29, 0.717) is 5.92 Å². The smallest absolute Gasteiger partial charge is 0.0367 e. The fraction of sp³-hybridized carbons (Fsp3) is 0.333. The van der Waals surface area contributed by atoms with Gasteiger partial charge in [-0.2, -0.15) is 0 Å². The minimum absolute atomic E-state index is 0.130. The highest BCUT2D eigenvalue weighted by Crippen LogP contribution is 2.42. The van der Waals surface area contributed by atoms with Crippen LogP contribution < -0.4 is 5.73 Å². The molecule has 19 heavy (non-hydrogen) atoms. The van der Waals surface area contributed by atoms with Gasteiger partial charge in [-0.15, -0.1) is 0 Å². The molecule has 3 rings (SSSR count). The van der Waals surface area contributed by atoms with E-state index < -0.39 is 0 Å². The first-order chi connectivity index (χ1) is 9.29. The summed E-state index contributed by atoms with van der Waals surface area (Å²) in [6, 6.07) is 17.6. The van der Waals surface area contributed by atoms with Crippen molar-refractivity contribution in [1.29, 1.82) is 0 Å². The zero-order chi connectivity index (χ0) is 13.2. The van der Waals surface area contributed by atoms with Crippen molar-refractivity contribution in [3.63, 3.8) is 0 Å². The van der Waals surface area contributed by atoms with Crippen molar-refractivity contribution in [3.8, 4) is 0 Å². The third kappa shape index (κ3) is 2.31. The maximum absolute atomic E-state index is 6.44. The van der Waals surface area contributed by atoms with Gasteiger partial charge in [0.1, 0.15) is 0 Å². The lowest BCUT2D eigenvalue weighted by Gasteiger charge is -2.35. The van der Waals surface area contributed by atoms with Crippen molar-refractivity contribution in [3.05, 3.63) is 70.8 Å². The summed E-state index contributed by atoms with van der Waals surface area (Å²) in [6.45, 7) is 2.21. The van der Waals surface area contributed by atoms with E-state index in [1.165, 1.54) is 28.7 Å². The first-order valence-electron chi connectivity index (χ1n) is 7.22. The van der Waals surface area contributed by atoms with E-state index in [1.54, 1.807) is 0 Å². The van der Waals surface area contributed by atoms with Gasteiger partial charge in [0.05, 0.1) is 0 Å². The number of hydrogen-bond acceptors (Lipinski definition) is 1. The summed E-state index contributed by atoms with van der Waals surface area (Å²) in [5.41, 5.74) is 12.0. The molecule has 98 valence electrons. The molecular weight excluding hydrogens is 230 g/mol. The third-order valence-corrected chi connectivity index (χ3v) is 4.23. The molecule has 0 aliphatic heterocycles. The maximum atomic E-state index is 6.44. The molecule has 2 aromatic rings. The molecule has 0 spiro atoms. The molecule has 0 amide bonds. The standard InChI is InChI=1S/C18H21N/c1-2-5-13-8-10-14(11-9-13)18(19)17-12-15-6-3-4-7-16(15)17/h3-4,6-11,17-18H,2,5,12,19H2,1H3. The lowest BCUT2D eigenvalue weighted by atomic mass is 9.72. The zero-order valence-corrected chi connectivity index (χ0v) is 11.5. The van der Waals surface area contributed by atoms with E-state index in [-0.39, 0.29) is 6.04 Å². The molecule has 2 aromatic carbocycles. The molecular formula is C18H21N. The molecule has 0 saturated carbocycles. The van der Waals surface area contributed by atoms with Crippen molar-refractivity contribution in [2.24, 2.45) is 5.73 Å². The number of hydrogen-bond donors (Lipinski definition) is 1. The van der Waals surface area contributed by atoms with Crippen LogP contribution in [0.5, 0.6) is 0 Å². The SMILES string of the molecule is CCCc1ccc(C(N)C2Cc3ccccc32)cc1. The minimum Gasteiger partial charge on any atom is -0.323 e. The molecule has 1 nitrogen and oxygen atoms in total. The van der Waals surface area contributed by atoms with Gasteiger partial charge in [0, 0.05) is 12.0 Å². The average Bonchev–Trinajstić information content (AvgIpc) is 2.41. The van der Waals surface area contributed by atoms with Gasteiger partial charge in [-0.25, -0.2) is 0 Å². The van der Waals surface area contributed by atoms with Crippen LogP contribution in [0.25, 0.3) is 0 Å². The molecule has 1 aliphatic rings. The summed E-state index contributed by atoms with van der Waals surface area (Å²) in [5, 5.41) is 0. The molecule has 2 N–H and O–H groups in total. The van der Waals surface area contributed by atoms with Gasteiger partial charge < -0.3 is 5.73 Å². The molecule has 0 fully saturated rings. The summed E-state index contributed by atoms with van der Waals surface area (Å²) in [4.78, 5) is 0. The van der Waals surface area contributed by atoms with Crippen LogP contribution in [0.4, 0.5) is 0 Å². The summed E-state index contributed by atoms with van der Waals surface area (Å²) in [7, 11) is 0. The Balaban J connectivity index is 1.76. The van der Waals surface area contributed by atoms with Crippen LogP contribution in [0.1, 0.15) is 47.6 Å². The molecule has 1 heteroatoms. The Morgan fingerprint density at radius 1 is 1.11 bits per heavy atom. The lowest BCUT2D eigenvalue weighted by molar-refractivity contribution is 0.500. The van der Waals surface area contributed by atoms with Gasteiger partial charge in [0.15, 0.2) is 0 Å². The topological polar surface area (TPSA) is 26.0 Å². The minimum atomic E-state index is 0.130. The summed E-state index contributed by atoms with van der Waals surface area (Å²) in [6.07, 6.45) is 3.47. The number of aryl methyl sites for hydroxylation is 1. The Bertz CT molecular complexity index is 556. The Hall–Kier alpha value is -1.60. The molecule has 2 unspecified atom stereocenters. The fourth-order valence-electron chi connectivity index (χ4n) is 3.05. The van der Waals surface area contributed by atoms with E-state index in [4.69, 9.17) is 5.73 Å². The first-order valence-corrected chi connectivity index (χ1v) is 7.22. The second-order valence-corrected chi connectivity index (χ2v) is 5.53. The molecule has 0 aromatic heterocycles. The molecule has 0 heterocycles. The molecule has 0 saturated heterocycles. The van der Waals surface area contributed by atoms with E-state index >= 15 is 0 Å². The van der Waals surface area contributed by atoms with Crippen molar-refractivity contribution < 1.29 is 0 Å². The highest BCUT2D eigenvalue weighted by atomic mass is 14.7. The number of benzene rings is 2. The van der Waals surface area contributed by atoms with Crippen LogP contribution in [0.15, 0.2) is 48.5 Å². The normalized spacial score (nSPS) is 18.5. The van der Waals surface area contributed by atoms with Crippen LogP contribution in [-0.2, 0) is 12.8 Å². The Labute approximate surface area is 115 Å². The van der Waals surface area contributed by atoms with Crippen molar-refractivity contribution in [1.82, 2.24) is 0 Å². The van der Waals surface area contributed by atoms with Crippen LogP contribution >= 0.6 is 0 Å². The Kier molecular flexibility index (Phi) is 3.39. The van der Waals surface area contributed by atoms with Crippen LogP contribution in [0.2, 0.25) is 0 Å². The number of fused-ring (bicyclic) bond motifs is 1. The van der Waals surface area contributed by atoms with Gasteiger partial charge in [-0.3, -0.25) is 0 Å². The van der Waals surface area contributed by atoms with Crippen LogP contribution in [-0.4, -0.2) is 0 Å². The summed E-state index contributed by atoms with van der Waals surface area (Å²) in [5.74, 6) is 0.494. The maximum Gasteiger partial charge on any atom is 0.0367 e. The van der Waals surface area contributed by atoms with Gasteiger partial charge in [-0.05, 0) is 35.1 Å². The third-order valence-electron chi connectivity index (χ3n) is 4.23. The molecule has 2 atom stereocenters. The van der Waals surface area contributed by atoms with Crippen LogP contribution in [0, 0.1) is 0 Å². The average molecular weight is 251 g/mol. The highest BCUT2D eigenvalue weighted by Gasteiger charge is 2.31. The largest absolute Gasteiger partial charge is 0.323 e. The molecule has 0 radical (unpaired) electrons. The summed E-state index contributed by atoms with van der Waals surface area (Å²) < 4.78 is 0. The molecule has 1 aliphatic carbocycles. The van der Waals surface area contributed by atoms with Gasteiger partial charge >= 0.3 is 0 Å². The predicted octanol–water partition coefficient (Wildman–Crippen LogP) is 3.98. The van der Waals surface area contributed by atoms with Crippen molar-refractivity contribution >= 4 is 0 Å². The first kappa shape index (κ1) is 12.4. The number of rotatable bonds is 4. The Morgan fingerprint density at radius 2 is 1.84 bits per heavy atom. The monoisotopic (exact) mass is 251 g/mol. The lowest BCUT2D eigenvalue weighted by Crippen LogP contribution is -2.28. The van der Waals surface area contributed by atoms with E-state index in [1.807, 2.05) is 0 Å². The zero-order valence-electron chi connectivity index (χ0n) is 11.5. The van der Waals surface area contributed by atoms with Crippen LogP contribution in [0.3, 0.4) is 0 Å². The fourth-order valence-corrected chi connectivity index (χ4v) is 3.05. The molecule has 0 bridgehead atoms. The van der Waals surface area contributed by atoms with Gasteiger partial charge in [0.25, 0.3) is 0 Å². The second kappa shape index (κ2) is 5.18. The summed E-state index contributed by atoms with van der Waals surface area (Å²) >= 11 is 0.